The van der Waals surface area contributed by atoms with Crippen LogP contribution in [0.1, 0.15) is 51.4 Å². The predicted octanol–water partition coefficient (Wildman–Crippen LogP) is 3.03. The summed E-state index contributed by atoms with van der Waals surface area (Å²) in [5, 5.41) is 2.62. The Balaban J connectivity index is 1.49. The molecule has 0 aromatic rings. The first-order valence-electron chi connectivity index (χ1n) is 9.54. The van der Waals surface area contributed by atoms with Crippen molar-refractivity contribution >= 4 is 32.7 Å². The Hall–Kier alpha value is -1.34. The molecule has 0 aromatic carbocycles. The Bertz CT molecular complexity index is 837. The van der Waals surface area contributed by atoms with E-state index in [1.165, 1.54) is 31.8 Å². The number of carbonyl (C=O) groups excluding carboxylic acids is 1. The van der Waals surface area contributed by atoms with E-state index in [9.17, 15) is 17.6 Å². The Morgan fingerprint density at radius 1 is 1.22 bits per heavy atom. The Labute approximate surface area is 164 Å². The van der Waals surface area contributed by atoms with Crippen molar-refractivity contribution < 1.29 is 22.3 Å². The molecule has 3 saturated carbocycles. The van der Waals surface area contributed by atoms with Crippen LogP contribution in [0.2, 0.25) is 0 Å². The van der Waals surface area contributed by atoms with Crippen molar-refractivity contribution in [2.45, 2.75) is 63.6 Å². The third-order valence-corrected chi connectivity index (χ3v) is 7.20. The fraction of sp³-hybridized carbons (Fsp3) is 0.684. The van der Waals surface area contributed by atoms with E-state index in [0.29, 0.717) is 17.9 Å². The molecule has 0 saturated heterocycles. The summed E-state index contributed by atoms with van der Waals surface area (Å²) in [5.41, 5.74) is 0.273. The zero-order chi connectivity index (χ0) is 19.2. The van der Waals surface area contributed by atoms with Gasteiger partial charge in [-0.05, 0) is 68.8 Å². The summed E-state index contributed by atoms with van der Waals surface area (Å²) in [6.45, 7) is 0.312. The maximum atomic E-state index is 14.9. The van der Waals surface area contributed by atoms with Crippen molar-refractivity contribution in [1.29, 1.82) is 0 Å². The van der Waals surface area contributed by atoms with Gasteiger partial charge in [-0.3, -0.25) is 4.79 Å². The van der Waals surface area contributed by atoms with Gasteiger partial charge in [0.1, 0.15) is 0 Å². The van der Waals surface area contributed by atoms with E-state index in [1.54, 1.807) is 0 Å². The monoisotopic (exact) mass is 415 g/mol. The maximum absolute atomic E-state index is 14.9. The highest BCUT2D eigenvalue weighted by molar-refractivity contribution is 7.73. The molecule has 0 aliphatic heterocycles. The van der Waals surface area contributed by atoms with Crippen LogP contribution >= 0.6 is 11.6 Å². The lowest BCUT2D eigenvalue weighted by atomic mass is 9.80. The molecule has 1 amide bonds. The van der Waals surface area contributed by atoms with Crippen LogP contribution in [-0.2, 0) is 19.8 Å². The van der Waals surface area contributed by atoms with Crippen LogP contribution in [0, 0.1) is 11.3 Å². The molecular weight excluding hydrogens is 393 g/mol. The fourth-order valence-electron chi connectivity index (χ4n) is 3.96. The summed E-state index contributed by atoms with van der Waals surface area (Å²) in [4.78, 5) is 11.6. The van der Waals surface area contributed by atoms with Gasteiger partial charge >= 0.3 is 0 Å². The molecule has 8 heteroatoms. The van der Waals surface area contributed by atoms with Crippen LogP contribution in [-0.4, -0.2) is 38.0 Å². The molecule has 0 radical (unpaired) electrons. The van der Waals surface area contributed by atoms with Crippen LogP contribution in [0.15, 0.2) is 22.4 Å². The fourth-order valence-corrected chi connectivity index (χ4v) is 4.91. The van der Waals surface area contributed by atoms with Gasteiger partial charge in [-0.2, -0.15) is 8.42 Å². The largest absolute Gasteiger partial charge is 0.490 e. The van der Waals surface area contributed by atoms with Gasteiger partial charge in [0, 0.05) is 6.04 Å². The van der Waals surface area contributed by atoms with E-state index < -0.39 is 27.2 Å². The quantitative estimate of drug-likeness (QED) is 0.700. The highest BCUT2D eigenvalue weighted by Gasteiger charge is 2.45. The molecule has 148 valence electrons. The Morgan fingerprint density at radius 2 is 1.89 bits per heavy atom. The van der Waals surface area contributed by atoms with Gasteiger partial charge < -0.3 is 10.1 Å². The van der Waals surface area contributed by atoms with Crippen molar-refractivity contribution in [2.75, 3.05) is 6.61 Å². The first kappa shape index (κ1) is 19.0. The number of rotatable bonds is 5. The van der Waals surface area contributed by atoms with Crippen LogP contribution in [0.4, 0.5) is 4.39 Å². The Kier molecular flexibility index (Phi) is 5.10. The summed E-state index contributed by atoms with van der Waals surface area (Å²) in [6, 6.07) is 0.0354. The predicted molar refractivity (Wildman–Crippen MR) is 101 cm³/mol. The number of amides is 1. The van der Waals surface area contributed by atoms with E-state index in [0.717, 1.165) is 25.7 Å². The average Bonchev–Trinajstić information content (AvgIpc) is 3.55. The molecule has 4 aliphatic rings. The summed E-state index contributed by atoms with van der Waals surface area (Å²) in [6.07, 6.45) is 7.85. The number of allylic oxidation sites excluding steroid dienone is 3. The second-order valence-corrected chi connectivity index (χ2v) is 9.56. The highest BCUT2D eigenvalue weighted by atomic mass is 35.5. The number of hydrogen-bond donors (Lipinski definition) is 1. The molecule has 5 nitrogen and oxygen atoms in total. The smallest absolute Gasteiger partial charge is 0.250 e. The summed E-state index contributed by atoms with van der Waals surface area (Å²) in [7, 11) is -2.87. The molecule has 1 spiro atoms. The van der Waals surface area contributed by atoms with E-state index in [2.05, 4.69) is 5.32 Å². The van der Waals surface area contributed by atoms with Crippen molar-refractivity contribution in [3.63, 3.8) is 0 Å². The minimum Gasteiger partial charge on any atom is -0.490 e. The zero-order valence-corrected chi connectivity index (χ0v) is 16.5. The standard InChI is InChI=1S/C19H23ClFNO4S/c20-14-9-13(18(23)22-12-1-2-12)15(21)17(27(24)25)16(14)26-10-11-3-5-19(6-4-11)7-8-19/h9,11-12,15H,1-8,10H2,(H,22,23). The molecule has 0 heterocycles. The van der Waals surface area contributed by atoms with E-state index >= 15 is 0 Å². The van der Waals surface area contributed by atoms with Crippen molar-refractivity contribution in [3.05, 3.63) is 22.4 Å². The number of nitrogens with one attached hydrogen (secondary N) is 1. The number of alkyl halides is 1. The third-order valence-electron chi connectivity index (χ3n) is 6.17. The van der Waals surface area contributed by atoms with Gasteiger partial charge in [-0.1, -0.05) is 11.6 Å². The van der Waals surface area contributed by atoms with Gasteiger partial charge in [-0.15, -0.1) is 0 Å². The molecule has 4 aliphatic carbocycles. The number of carbonyl (C=O) groups is 1. The SMILES string of the molecule is O=C(NC1CC1)C1=CC(Cl)=C(OCC2CCC3(CC2)CC3)C(=S(=O)=O)C1F. The zero-order valence-electron chi connectivity index (χ0n) is 15.0. The number of hydrogen-bond acceptors (Lipinski definition) is 4. The minimum absolute atomic E-state index is 0.0354. The lowest BCUT2D eigenvalue weighted by molar-refractivity contribution is -0.118. The van der Waals surface area contributed by atoms with Crippen LogP contribution in [0.5, 0.6) is 0 Å². The Morgan fingerprint density at radius 3 is 2.44 bits per heavy atom. The van der Waals surface area contributed by atoms with Gasteiger partial charge in [0.05, 0.1) is 17.2 Å². The van der Waals surface area contributed by atoms with Gasteiger partial charge in [0.2, 0.25) is 10.3 Å². The molecule has 1 unspecified atom stereocenters. The van der Waals surface area contributed by atoms with Crippen LogP contribution < -0.4 is 5.32 Å². The number of ether oxygens (including phenoxy) is 1. The van der Waals surface area contributed by atoms with Gasteiger partial charge in [0.25, 0.3) is 5.91 Å². The summed E-state index contributed by atoms with van der Waals surface area (Å²) in [5.74, 6) is -0.463. The highest BCUT2D eigenvalue weighted by Crippen LogP contribution is 2.57. The second kappa shape index (κ2) is 7.24. The topological polar surface area (TPSA) is 72.5 Å². The van der Waals surface area contributed by atoms with Crippen LogP contribution in [0.3, 0.4) is 0 Å². The van der Waals surface area contributed by atoms with Gasteiger partial charge in [-0.25, -0.2) is 4.39 Å². The summed E-state index contributed by atoms with van der Waals surface area (Å²) < 4.78 is 43.9. The third kappa shape index (κ3) is 4.09. The lowest BCUT2D eigenvalue weighted by Crippen LogP contribution is -2.37. The minimum atomic E-state index is -2.87. The van der Waals surface area contributed by atoms with E-state index in [1.807, 2.05) is 0 Å². The molecule has 3 fully saturated rings. The second-order valence-electron chi connectivity index (χ2n) is 8.24. The van der Waals surface area contributed by atoms with Crippen molar-refractivity contribution in [3.8, 4) is 0 Å². The first-order chi connectivity index (χ1) is 12.9. The van der Waals surface area contributed by atoms with Crippen molar-refractivity contribution in [1.82, 2.24) is 5.32 Å². The maximum Gasteiger partial charge on any atom is 0.250 e. The van der Waals surface area contributed by atoms with Gasteiger partial charge in [0.15, 0.2) is 16.8 Å². The molecule has 1 N–H and O–H groups in total. The first-order valence-corrected chi connectivity index (χ1v) is 11.0. The molecule has 0 aromatic heterocycles. The van der Waals surface area contributed by atoms with Crippen LogP contribution in [0.25, 0.3) is 0 Å². The number of halogens is 2. The lowest BCUT2D eigenvalue weighted by Gasteiger charge is -2.29. The van der Waals surface area contributed by atoms with Crippen molar-refractivity contribution in [2.24, 2.45) is 11.3 Å². The average molecular weight is 416 g/mol. The molecule has 27 heavy (non-hydrogen) atoms. The van der Waals surface area contributed by atoms with E-state index in [4.69, 9.17) is 16.3 Å². The molecule has 4 rings (SSSR count). The molecule has 1 atom stereocenters. The molecular formula is C19H23ClFNO4S. The summed E-state index contributed by atoms with van der Waals surface area (Å²) >= 11 is 6.19. The normalized spacial score (nSPS) is 27.4. The molecule has 0 bridgehead atoms. The van der Waals surface area contributed by atoms with E-state index in [-0.39, 0.29) is 22.4 Å².